The lowest BCUT2D eigenvalue weighted by Crippen LogP contribution is -2.13. The molecular formula is C17H11NO4. The minimum atomic E-state index is -1.36. The summed E-state index contributed by atoms with van der Waals surface area (Å²) in [5.41, 5.74) is 0.711. The Morgan fingerprint density at radius 1 is 0.818 bits per heavy atom. The molecule has 0 aliphatic heterocycles. The molecule has 1 aromatic heterocycles. The van der Waals surface area contributed by atoms with Crippen LogP contribution in [0, 0.1) is 0 Å². The van der Waals surface area contributed by atoms with Crippen LogP contribution in [0.1, 0.15) is 20.8 Å². The summed E-state index contributed by atoms with van der Waals surface area (Å²) in [7, 11) is 0. The van der Waals surface area contributed by atoms with E-state index < -0.39 is 17.6 Å². The molecule has 3 rings (SSSR count). The topological polar surface area (TPSA) is 87.5 Å². The maximum atomic E-state index is 11.7. The highest BCUT2D eigenvalue weighted by molar-refractivity contribution is 6.12. The summed E-state index contributed by atoms with van der Waals surface area (Å²) in [6.07, 6.45) is 0. The summed E-state index contributed by atoms with van der Waals surface area (Å²) < 4.78 is 0. The van der Waals surface area contributed by atoms with Gasteiger partial charge in [0, 0.05) is 10.9 Å². The van der Waals surface area contributed by atoms with E-state index in [1.165, 1.54) is 0 Å². The third kappa shape index (κ3) is 2.18. The summed E-state index contributed by atoms with van der Waals surface area (Å²) in [5, 5.41) is 19.4. The van der Waals surface area contributed by atoms with E-state index in [1.807, 2.05) is 6.07 Å². The third-order valence-electron chi connectivity index (χ3n) is 3.37. The molecule has 0 fully saturated rings. The van der Waals surface area contributed by atoms with E-state index in [0.717, 1.165) is 0 Å². The van der Waals surface area contributed by atoms with Crippen molar-refractivity contribution in [3.05, 3.63) is 65.9 Å². The molecule has 0 atom stereocenters. The van der Waals surface area contributed by atoms with Crippen molar-refractivity contribution in [3.8, 4) is 11.1 Å². The van der Waals surface area contributed by atoms with Crippen LogP contribution in [0.5, 0.6) is 0 Å². The van der Waals surface area contributed by atoms with Crippen molar-refractivity contribution in [3.63, 3.8) is 0 Å². The van der Waals surface area contributed by atoms with Gasteiger partial charge in [0.1, 0.15) is 5.56 Å². The van der Waals surface area contributed by atoms with Gasteiger partial charge >= 0.3 is 11.9 Å². The second-order valence-corrected chi connectivity index (χ2v) is 4.70. The van der Waals surface area contributed by atoms with E-state index in [1.54, 1.807) is 48.5 Å². The van der Waals surface area contributed by atoms with Gasteiger partial charge in [-0.25, -0.2) is 14.6 Å². The van der Waals surface area contributed by atoms with Crippen molar-refractivity contribution >= 4 is 22.8 Å². The van der Waals surface area contributed by atoms with Gasteiger partial charge in [-0.3, -0.25) is 0 Å². The lowest BCUT2D eigenvalue weighted by molar-refractivity contribution is 0.0647. The molecular weight excluding hydrogens is 282 g/mol. The van der Waals surface area contributed by atoms with Crippen LogP contribution in [0.15, 0.2) is 54.6 Å². The molecule has 108 valence electrons. The van der Waals surface area contributed by atoms with Crippen LogP contribution in [-0.2, 0) is 0 Å². The number of carboxylic acids is 2. The molecule has 1 heterocycles. The molecule has 0 unspecified atom stereocenters. The second-order valence-electron chi connectivity index (χ2n) is 4.70. The molecule has 0 bridgehead atoms. The highest BCUT2D eigenvalue weighted by atomic mass is 16.4. The zero-order chi connectivity index (χ0) is 15.7. The van der Waals surface area contributed by atoms with Crippen molar-refractivity contribution in [2.24, 2.45) is 0 Å². The van der Waals surface area contributed by atoms with Gasteiger partial charge < -0.3 is 10.2 Å². The molecule has 2 aromatic carbocycles. The summed E-state index contributed by atoms with van der Waals surface area (Å²) in [6, 6.07) is 15.8. The fourth-order valence-electron chi connectivity index (χ4n) is 2.48. The normalized spacial score (nSPS) is 10.5. The van der Waals surface area contributed by atoms with Crippen molar-refractivity contribution in [1.82, 2.24) is 4.98 Å². The van der Waals surface area contributed by atoms with E-state index in [2.05, 4.69) is 4.98 Å². The summed E-state index contributed by atoms with van der Waals surface area (Å²) in [5.74, 6) is -2.67. The van der Waals surface area contributed by atoms with Gasteiger partial charge in [-0.05, 0) is 11.6 Å². The van der Waals surface area contributed by atoms with Crippen LogP contribution in [-0.4, -0.2) is 27.1 Å². The number of fused-ring (bicyclic) bond motifs is 1. The highest BCUT2D eigenvalue weighted by Crippen LogP contribution is 2.33. The number of carbonyl (C=O) groups is 2. The van der Waals surface area contributed by atoms with Crippen molar-refractivity contribution in [2.75, 3.05) is 0 Å². The lowest BCUT2D eigenvalue weighted by atomic mass is 9.94. The molecule has 5 heteroatoms. The Balaban J connectivity index is 2.53. The fourth-order valence-corrected chi connectivity index (χ4v) is 2.48. The van der Waals surface area contributed by atoms with Crippen LogP contribution >= 0.6 is 0 Å². The Morgan fingerprint density at radius 2 is 1.45 bits per heavy atom. The van der Waals surface area contributed by atoms with Crippen molar-refractivity contribution < 1.29 is 19.8 Å². The molecule has 0 saturated heterocycles. The van der Waals surface area contributed by atoms with Crippen LogP contribution in [0.25, 0.3) is 22.0 Å². The number of hydrogen-bond donors (Lipinski definition) is 2. The van der Waals surface area contributed by atoms with E-state index in [4.69, 9.17) is 0 Å². The zero-order valence-electron chi connectivity index (χ0n) is 11.4. The number of aromatic nitrogens is 1. The Morgan fingerprint density at radius 3 is 2.09 bits per heavy atom. The molecule has 22 heavy (non-hydrogen) atoms. The molecule has 0 spiro atoms. The predicted octanol–water partition coefficient (Wildman–Crippen LogP) is 3.30. The first-order valence-electron chi connectivity index (χ1n) is 6.54. The van der Waals surface area contributed by atoms with Gasteiger partial charge in [0.05, 0.1) is 5.52 Å². The van der Waals surface area contributed by atoms with Crippen LogP contribution in [0.3, 0.4) is 0 Å². The van der Waals surface area contributed by atoms with Crippen LogP contribution in [0.2, 0.25) is 0 Å². The third-order valence-corrected chi connectivity index (χ3v) is 3.37. The summed E-state index contributed by atoms with van der Waals surface area (Å²) >= 11 is 0. The number of para-hydroxylation sites is 1. The maximum absolute atomic E-state index is 11.7. The number of nitrogens with zero attached hydrogens (tertiary/aromatic N) is 1. The predicted molar refractivity (Wildman–Crippen MR) is 81.1 cm³/mol. The maximum Gasteiger partial charge on any atom is 0.355 e. The van der Waals surface area contributed by atoms with E-state index in [9.17, 15) is 19.8 Å². The number of hydrogen-bond acceptors (Lipinski definition) is 3. The van der Waals surface area contributed by atoms with Gasteiger partial charge in [0.2, 0.25) is 0 Å². The standard InChI is InChI=1S/C17H11NO4/c19-16(20)14-13(10-6-2-1-3-7-10)11-8-4-5-9-12(11)18-15(14)17(21)22/h1-9H,(H,19,20)(H,21,22). The zero-order valence-corrected chi connectivity index (χ0v) is 11.4. The Kier molecular flexibility index (Phi) is 3.31. The van der Waals surface area contributed by atoms with Crippen molar-refractivity contribution in [2.45, 2.75) is 0 Å². The average Bonchev–Trinajstić information content (AvgIpc) is 2.53. The molecule has 0 saturated carbocycles. The Labute approximate surface area is 125 Å². The molecule has 0 aliphatic carbocycles. The molecule has 0 amide bonds. The monoisotopic (exact) mass is 293 g/mol. The highest BCUT2D eigenvalue weighted by Gasteiger charge is 2.25. The van der Waals surface area contributed by atoms with Crippen LogP contribution in [0.4, 0.5) is 0 Å². The number of pyridine rings is 1. The van der Waals surface area contributed by atoms with E-state index in [0.29, 0.717) is 22.0 Å². The molecule has 5 nitrogen and oxygen atoms in total. The SMILES string of the molecule is O=C(O)c1nc2ccccc2c(-c2ccccc2)c1C(=O)O. The quantitative estimate of drug-likeness (QED) is 0.773. The van der Waals surface area contributed by atoms with Crippen molar-refractivity contribution in [1.29, 1.82) is 0 Å². The lowest BCUT2D eigenvalue weighted by Gasteiger charge is -2.12. The van der Waals surface area contributed by atoms with Crippen LogP contribution < -0.4 is 0 Å². The van der Waals surface area contributed by atoms with Gasteiger partial charge in [-0.2, -0.15) is 0 Å². The Bertz CT molecular complexity index is 888. The number of carboxylic acid groups (broad SMARTS) is 2. The second kappa shape index (κ2) is 5.29. The van der Waals surface area contributed by atoms with Gasteiger partial charge in [-0.1, -0.05) is 48.5 Å². The number of benzene rings is 2. The first kappa shape index (κ1) is 13.8. The first-order valence-corrected chi connectivity index (χ1v) is 6.54. The average molecular weight is 293 g/mol. The van der Waals surface area contributed by atoms with E-state index in [-0.39, 0.29) is 5.56 Å². The minimum absolute atomic E-state index is 0.294. The fraction of sp³-hybridized carbons (Fsp3) is 0. The van der Waals surface area contributed by atoms with E-state index >= 15 is 0 Å². The molecule has 0 radical (unpaired) electrons. The number of rotatable bonds is 3. The summed E-state index contributed by atoms with van der Waals surface area (Å²) in [6.45, 7) is 0. The number of aromatic carboxylic acids is 2. The first-order chi connectivity index (χ1) is 10.6. The van der Waals surface area contributed by atoms with Gasteiger partial charge in [0.15, 0.2) is 5.69 Å². The largest absolute Gasteiger partial charge is 0.478 e. The molecule has 2 N–H and O–H groups in total. The Hall–Kier alpha value is -3.21. The summed E-state index contributed by atoms with van der Waals surface area (Å²) in [4.78, 5) is 27.1. The smallest absolute Gasteiger partial charge is 0.355 e. The minimum Gasteiger partial charge on any atom is -0.478 e. The molecule has 0 aliphatic rings. The van der Waals surface area contributed by atoms with Gasteiger partial charge in [-0.15, -0.1) is 0 Å². The molecule has 3 aromatic rings. The van der Waals surface area contributed by atoms with Gasteiger partial charge in [0.25, 0.3) is 0 Å².